The summed E-state index contributed by atoms with van der Waals surface area (Å²) in [5.74, 6) is 1.50. The van der Waals surface area contributed by atoms with E-state index in [9.17, 15) is 4.79 Å². The molecule has 0 radical (unpaired) electrons. The van der Waals surface area contributed by atoms with Crippen LogP contribution in [0.3, 0.4) is 0 Å². The van der Waals surface area contributed by atoms with Gasteiger partial charge in [0.15, 0.2) is 0 Å². The molecule has 2 aromatic heterocycles. The summed E-state index contributed by atoms with van der Waals surface area (Å²) in [6.45, 7) is 1.31. The van der Waals surface area contributed by atoms with Gasteiger partial charge in [-0.3, -0.25) is 9.48 Å². The lowest BCUT2D eigenvalue weighted by Crippen LogP contribution is -2.32. The Bertz CT molecular complexity index is 1030. The van der Waals surface area contributed by atoms with Crippen LogP contribution in [0.2, 0.25) is 0 Å². The number of aromatic nitrogens is 4. The lowest BCUT2D eigenvalue weighted by atomic mass is 10.2. The quantitative estimate of drug-likeness (QED) is 0.536. The molecule has 10 nitrogen and oxygen atoms in total. The van der Waals surface area contributed by atoms with E-state index in [2.05, 4.69) is 25.7 Å². The summed E-state index contributed by atoms with van der Waals surface area (Å²) in [5.41, 5.74) is 2.35. The van der Waals surface area contributed by atoms with Gasteiger partial charge in [0, 0.05) is 50.2 Å². The van der Waals surface area contributed by atoms with Gasteiger partial charge >= 0.3 is 0 Å². The predicted molar refractivity (Wildman–Crippen MR) is 118 cm³/mol. The zero-order valence-corrected chi connectivity index (χ0v) is 18.3. The Morgan fingerprint density at radius 3 is 2.45 bits per heavy atom. The number of hydrogen-bond acceptors (Lipinski definition) is 8. The lowest BCUT2D eigenvalue weighted by Gasteiger charge is -2.10. The van der Waals surface area contributed by atoms with Crippen LogP contribution in [0.25, 0.3) is 11.4 Å². The van der Waals surface area contributed by atoms with Gasteiger partial charge in [-0.25, -0.2) is 9.97 Å². The average molecular weight is 425 g/mol. The Morgan fingerprint density at radius 2 is 1.81 bits per heavy atom. The van der Waals surface area contributed by atoms with Crippen LogP contribution in [0, 0.1) is 0 Å². The summed E-state index contributed by atoms with van der Waals surface area (Å²) in [4.78, 5) is 23.3. The largest absolute Gasteiger partial charge is 0.497 e. The topological polar surface area (TPSA) is 106 Å². The molecular formula is C21H27N7O3. The zero-order valence-electron chi connectivity index (χ0n) is 18.3. The number of amides is 1. The van der Waals surface area contributed by atoms with Crippen molar-refractivity contribution in [1.82, 2.24) is 30.0 Å². The maximum Gasteiger partial charge on any atom is 0.269 e. The molecule has 2 N–H and O–H groups in total. The number of nitrogens with zero attached hydrogens (tertiary/aromatic N) is 5. The fourth-order valence-electron chi connectivity index (χ4n) is 2.86. The van der Waals surface area contributed by atoms with E-state index >= 15 is 0 Å². The highest BCUT2D eigenvalue weighted by Gasteiger charge is 2.15. The van der Waals surface area contributed by atoms with E-state index in [-0.39, 0.29) is 5.91 Å². The van der Waals surface area contributed by atoms with Crippen LogP contribution in [-0.4, -0.2) is 72.0 Å². The second-order valence-corrected chi connectivity index (χ2v) is 7.09. The second-order valence-electron chi connectivity index (χ2n) is 7.09. The highest BCUT2D eigenvalue weighted by atomic mass is 16.5. The van der Waals surface area contributed by atoms with Gasteiger partial charge in [0.25, 0.3) is 5.91 Å². The molecule has 3 rings (SSSR count). The minimum Gasteiger partial charge on any atom is -0.497 e. The lowest BCUT2D eigenvalue weighted by molar-refractivity contribution is 0.0941. The number of likely N-dealkylation sites (N-methyl/N-ethyl adjacent to an activating group) is 1. The van der Waals surface area contributed by atoms with Gasteiger partial charge in [0.2, 0.25) is 5.95 Å². The van der Waals surface area contributed by atoms with Gasteiger partial charge < -0.3 is 25.0 Å². The molecule has 0 saturated carbocycles. The fraction of sp³-hybridized carbons (Fsp3) is 0.333. The number of ether oxygens (including phenoxy) is 2. The van der Waals surface area contributed by atoms with Gasteiger partial charge in [-0.2, -0.15) is 5.10 Å². The normalized spacial score (nSPS) is 10.8. The van der Waals surface area contributed by atoms with Crippen LogP contribution < -0.4 is 20.1 Å². The molecule has 0 fully saturated rings. The second kappa shape index (κ2) is 9.90. The van der Waals surface area contributed by atoms with Crippen molar-refractivity contribution < 1.29 is 14.3 Å². The first-order valence-electron chi connectivity index (χ1n) is 9.70. The number of aryl methyl sites for hydroxylation is 1. The first kappa shape index (κ1) is 22.0. The number of rotatable bonds is 9. The molecule has 3 aromatic rings. The predicted octanol–water partition coefficient (Wildman–Crippen LogP) is 1.93. The van der Waals surface area contributed by atoms with Crippen molar-refractivity contribution >= 4 is 17.5 Å². The molecule has 0 aliphatic carbocycles. The summed E-state index contributed by atoms with van der Waals surface area (Å²) < 4.78 is 12.1. The Labute approximate surface area is 181 Å². The third kappa shape index (κ3) is 5.70. The van der Waals surface area contributed by atoms with Crippen LogP contribution in [0.15, 0.2) is 36.5 Å². The van der Waals surface area contributed by atoms with Crippen LogP contribution >= 0.6 is 0 Å². The number of methoxy groups -OCH3 is 2. The monoisotopic (exact) mass is 425 g/mol. The molecule has 31 heavy (non-hydrogen) atoms. The first-order chi connectivity index (χ1) is 14.9. The van der Waals surface area contributed by atoms with Gasteiger partial charge in [0.1, 0.15) is 22.9 Å². The van der Waals surface area contributed by atoms with Crippen LogP contribution in [-0.2, 0) is 7.05 Å². The Kier molecular flexibility index (Phi) is 7.03. The van der Waals surface area contributed by atoms with E-state index in [1.165, 1.54) is 0 Å². The summed E-state index contributed by atoms with van der Waals surface area (Å²) in [6.07, 6.45) is 1.63. The molecule has 0 bridgehead atoms. The first-order valence-corrected chi connectivity index (χ1v) is 9.70. The minimum atomic E-state index is -0.181. The molecule has 0 atom stereocenters. The Hall–Kier alpha value is -3.66. The Morgan fingerprint density at radius 1 is 1.10 bits per heavy atom. The van der Waals surface area contributed by atoms with Gasteiger partial charge in [-0.1, -0.05) is 0 Å². The summed E-state index contributed by atoms with van der Waals surface area (Å²) in [7, 11) is 8.82. The van der Waals surface area contributed by atoms with Gasteiger partial charge in [-0.05, 0) is 26.2 Å². The molecule has 1 aromatic carbocycles. The number of hydrogen-bond donors (Lipinski definition) is 2. The Balaban J connectivity index is 1.78. The third-order valence-electron chi connectivity index (χ3n) is 4.48. The molecule has 0 unspecified atom stereocenters. The molecule has 164 valence electrons. The number of benzene rings is 1. The smallest absolute Gasteiger partial charge is 0.269 e. The van der Waals surface area contributed by atoms with Crippen molar-refractivity contribution in [3.63, 3.8) is 0 Å². The van der Waals surface area contributed by atoms with Crippen LogP contribution in [0.5, 0.6) is 11.5 Å². The van der Waals surface area contributed by atoms with Gasteiger partial charge in [-0.15, -0.1) is 0 Å². The molecule has 0 spiro atoms. The summed E-state index contributed by atoms with van der Waals surface area (Å²) in [5, 5.41) is 10.5. The zero-order chi connectivity index (χ0) is 22.4. The summed E-state index contributed by atoms with van der Waals surface area (Å²) >= 11 is 0. The van der Waals surface area contributed by atoms with E-state index in [1.807, 2.05) is 31.1 Å². The molecule has 1 amide bonds. The van der Waals surface area contributed by atoms with Crippen molar-refractivity contribution in [2.24, 2.45) is 7.05 Å². The van der Waals surface area contributed by atoms with Crippen molar-refractivity contribution in [2.75, 3.05) is 46.7 Å². The fourth-order valence-corrected chi connectivity index (χ4v) is 2.86. The van der Waals surface area contributed by atoms with E-state index in [4.69, 9.17) is 9.47 Å². The van der Waals surface area contributed by atoms with E-state index in [0.29, 0.717) is 41.1 Å². The molecule has 10 heteroatoms. The van der Waals surface area contributed by atoms with Crippen molar-refractivity contribution in [1.29, 1.82) is 0 Å². The molecular weight excluding hydrogens is 398 g/mol. The molecule has 2 heterocycles. The van der Waals surface area contributed by atoms with Crippen LogP contribution in [0.1, 0.15) is 10.5 Å². The van der Waals surface area contributed by atoms with Crippen molar-refractivity contribution in [3.8, 4) is 22.9 Å². The average Bonchev–Trinajstić information content (AvgIpc) is 3.15. The standard InChI is InChI=1S/C21H27N7O3/c1-27(2)9-8-22-20(29)19-13-18(26-28(19)3)17-6-7-23-21(25-17)24-14-10-15(30-4)12-16(11-14)31-5/h6-7,10-13H,8-9H2,1-5H3,(H,22,29)(H,23,24,25). The van der Waals surface area contributed by atoms with E-state index in [0.717, 1.165) is 12.2 Å². The van der Waals surface area contributed by atoms with E-state index in [1.54, 1.807) is 50.3 Å². The number of anilines is 2. The maximum atomic E-state index is 12.5. The van der Waals surface area contributed by atoms with Crippen molar-refractivity contribution in [3.05, 3.63) is 42.2 Å². The van der Waals surface area contributed by atoms with Gasteiger partial charge in [0.05, 0.1) is 19.9 Å². The third-order valence-corrected chi connectivity index (χ3v) is 4.48. The maximum absolute atomic E-state index is 12.5. The van der Waals surface area contributed by atoms with Crippen molar-refractivity contribution in [2.45, 2.75) is 0 Å². The van der Waals surface area contributed by atoms with E-state index < -0.39 is 0 Å². The molecule has 0 saturated heterocycles. The minimum absolute atomic E-state index is 0.181. The highest BCUT2D eigenvalue weighted by Crippen LogP contribution is 2.27. The summed E-state index contributed by atoms with van der Waals surface area (Å²) in [6, 6.07) is 8.87. The highest BCUT2D eigenvalue weighted by molar-refractivity contribution is 5.93. The SMILES string of the molecule is COc1cc(Nc2nccc(-c3cc(C(=O)NCCN(C)C)n(C)n3)n2)cc(OC)c1. The number of nitrogens with one attached hydrogen (secondary N) is 2. The molecule has 0 aliphatic rings. The number of carbonyl (C=O) groups is 1. The van der Waals surface area contributed by atoms with Crippen LogP contribution in [0.4, 0.5) is 11.6 Å². The number of carbonyl (C=O) groups excluding carboxylic acids is 1. The molecule has 0 aliphatic heterocycles.